The molecule has 0 saturated heterocycles. The number of benzene rings is 3. The molecule has 1 aliphatic rings. The smallest absolute Gasteiger partial charge is 0.303 e. The third-order valence-electron chi connectivity index (χ3n) is 6.45. The number of carboxylic acid groups (broad SMARTS) is 1. The van der Waals surface area contributed by atoms with Crippen molar-refractivity contribution in [2.24, 2.45) is 0 Å². The highest BCUT2D eigenvalue weighted by molar-refractivity contribution is 6.38. The van der Waals surface area contributed by atoms with Gasteiger partial charge in [0.05, 0.1) is 17.0 Å². The van der Waals surface area contributed by atoms with Gasteiger partial charge in [-0.15, -0.1) is 0 Å². The Balaban J connectivity index is 1.64. The summed E-state index contributed by atoms with van der Waals surface area (Å²) in [5.41, 5.74) is 6.45. The van der Waals surface area contributed by atoms with Crippen molar-refractivity contribution in [1.82, 2.24) is 9.80 Å². The van der Waals surface area contributed by atoms with Gasteiger partial charge >= 0.3 is 5.97 Å². The van der Waals surface area contributed by atoms with Crippen LogP contribution in [0.5, 0.6) is 0 Å². The van der Waals surface area contributed by atoms with Gasteiger partial charge in [0.15, 0.2) is 0 Å². The predicted molar refractivity (Wildman–Crippen MR) is 154 cm³/mol. The van der Waals surface area contributed by atoms with E-state index in [0.717, 1.165) is 42.0 Å². The summed E-state index contributed by atoms with van der Waals surface area (Å²) in [4.78, 5) is 28.6. The molecule has 1 heterocycles. The molecule has 0 atom stereocenters. The van der Waals surface area contributed by atoms with Crippen LogP contribution in [0.4, 0.5) is 11.4 Å². The number of likely N-dealkylation sites (N-methyl/N-ethyl adjacent to an activating group) is 2. The minimum Gasteiger partial charge on any atom is -0.481 e. The number of aryl methyl sites for hydroxylation is 1. The van der Waals surface area contributed by atoms with E-state index in [4.69, 9.17) is 16.7 Å². The van der Waals surface area contributed by atoms with Crippen LogP contribution in [0, 0.1) is 0 Å². The van der Waals surface area contributed by atoms with Crippen molar-refractivity contribution in [1.29, 1.82) is 0 Å². The molecule has 3 aromatic carbocycles. The highest BCUT2D eigenvalue weighted by Gasteiger charge is 2.28. The highest BCUT2D eigenvalue weighted by Crippen LogP contribution is 2.38. The van der Waals surface area contributed by atoms with Crippen molar-refractivity contribution in [3.63, 3.8) is 0 Å². The number of nitrogens with zero attached hydrogens (tertiary/aromatic N) is 2. The Bertz CT molecular complexity index is 1330. The molecule has 7 nitrogen and oxygen atoms in total. The molecule has 0 spiro atoms. The number of nitrogens with one attached hydrogen (secondary N) is 2. The topological polar surface area (TPSA) is 84.9 Å². The molecule has 0 aromatic heterocycles. The molecular formula is C30H33ClN4O3. The number of rotatable bonds is 11. The van der Waals surface area contributed by atoms with Gasteiger partial charge in [0.2, 0.25) is 0 Å². The summed E-state index contributed by atoms with van der Waals surface area (Å²) in [5, 5.41) is 16.0. The van der Waals surface area contributed by atoms with Crippen LogP contribution >= 0.6 is 11.6 Å². The average molecular weight is 533 g/mol. The Kier molecular flexibility index (Phi) is 8.84. The zero-order valence-corrected chi connectivity index (χ0v) is 22.7. The number of carbonyl (C=O) groups excluding carboxylic acids is 1. The van der Waals surface area contributed by atoms with E-state index in [2.05, 4.69) is 53.7 Å². The average Bonchev–Trinajstić information content (AvgIpc) is 3.20. The van der Waals surface area contributed by atoms with Crippen molar-refractivity contribution < 1.29 is 14.7 Å². The maximum atomic E-state index is 13.2. The van der Waals surface area contributed by atoms with E-state index in [1.165, 1.54) is 5.56 Å². The van der Waals surface area contributed by atoms with Crippen LogP contribution in [0.3, 0.4) is 0 Å². The second kappa shape index (κ2) is 12.3. The largest absolute Gasteiger partial charge is 0.481 e. The third kappa shape index (κ3) is 7.01. The number of hydrogen-bond acceptors (Lipinski definition) is 5. The van der Waals surface area contributed by atoms with Gasteiger partial charge in [0, 0.05) is 42.3 Å². The van der Waals surface area contributed by atoms with Gasteiger partial charge in [-0.25, -0.2) is 0 Å². The Labute approximate surface area is 228 Å². The summed E-state index contributed by atoms with van der Waals surface area (Å²) in [5.74, 6) is -1.04. The second-order valence-corrected chi connectivity index (χ2v) is 10.3. The fourth-order valence-electron chi connectivity index (χ4n) is 4.36. The molecule has 0 saturated carbocycles. The van der Waals surface area contributed by atoms with Gasteiger partial charge < -0.3 is 25.5 Å². The lowest BCUT2D eigenvalue weighted by Crippen LogP contribution is -2.28. The number of hydrogen-bond donors (Lipinski definition) is 3. The zero-order valence-electron chi connectivity index (χ0n) is 21.9. The summed E-state index contributed by atoms with van der Waals surface area (Å²) in [6.45, 7) is 2.82. The van der Waals surface area contributed by atoms with Gasteiger partial charge in [0.1, 0.15) is 0 Å². The molecular weight excluding hydrogens is 500 g/mol. The Morgan fingerprint density at radius 3 is 2.29 bits per heavy atom. The van der Waals surface area contributed by atoms with Crippen molar-refractivity contribution in [3.8, 4) is 0 Å². The Morgan fingerprint density at radius 1 is 0.947 bits per heavy atom. The SMILES string of the molecule is CN(C)CCN(C)Cc1ccc(N/C(=C2\C(=O)Nc3cc(Cl)ccc32)c2ccc(CCC(=O)O)cc2)cc1. The molecule has 1 aliphatic heterocycles. The number of anilines is 2. The summed E-state index contributed by atoms with van der Waals surface area (Å²) in [6, 6.07) is 21.2. The van der Waals surface area contributed by atoms with Gasteiger partial charge in [-0.2, -0.15) is 0 Å². The minimum absolute atomic E-state index is 0.0682. The standard InChI is InChI=1S/C30H33ClN4O3/c1-34(2)16-17-35(3)19-21-6-12-24(13-7-21)32-29(22-9-4-20(5-10-22)8-15-27(36)37)28-25-14-11-23(31)18-26(25)33-30(28)38/h4-7,9-14,18,32H,8,15-17,19H2,1-3H3,(H,33,38)(H,36,37)/b29-28-. The number of carbonyl (C=O) groups is 2. The first-order valence-corrected chi connectivity index (χ1v) is 12.9. The van der Waals surface area contributed by atoms with Crippen molar-refractivity contribution >= 4 is 46.1 Å². The van der Waals surface area contributed by atoms with Gasteiger partial charge in [0.25, 0.3) is 5.91 Å². The minimum atomic E-state index is -0.830. The quantitative estimate of drug-likeness (QED) is 0.291. The van der Waals surface area contributed by atoms with E-state index in [1.807, 2.05) is 42.5 Å². The van der Waals surface area contributed by atoms with Crippen LogP contribution in [-0.2, 0) is 22.6 Å². The lowest BCUT2D eigenvalue weighted by Gasteiger charge is -2.20. The lowest BCUT2D eigenvalue weighted by molar-refractivity contribution is -0.137. The second-order valence-electron chi connectivity index (χ2n) is 9.85. The van der Waals surface area contributed by atoms with Crippen LogP contribution in [-0.4, -0.2) is 61.0 Å². The van der Waals surface area contributed by atoms with Crippen LogP contribution in [0.2, 0.25) is 5.02 Å². The van der Waals surface area contributed by atoms with E-state index in [9.17, 15) is 9.59 Å². The molecule has 0 aliphatic carbocycles. The van der Waals surface area contributed by atoms with E-state index >= 15 is 0 Å². The van der Waals surface area contributed by atoms with E-state index in [-0.39, 0.29) is 12.3 Å². The first kappa shape index (κ1) is 27.4. The van der Waals surface area contributed by atoms with Crippen molar-refractivity contribution in [2.75, 3.05) is 44.9 Å². The summed E-state index contributed by atoms with van der Waals surface area (Å²) in [7, 11) is 6.25. The Morgan fingerprint density at radius 2 is 1.63 bits per heavy atom. The van der Waals surface area contributed by atoms with Crippen LogP contribution in [0.15, 0.2) is 66.7 Å². The number of halogens is 1. The van der Waals surface area contributed by atoms with Gasteiger partial charge in [-0.1, -0.05) is 54.1 Å². The fraction of sp³-hybridized carbons (Fsp3) is 0.267. The Hall–Kier alpha value is -3.65. The summed E-state index contributed by atoms with van der Waals surface area (Å²) < 4.78 is 0. The maximum Gasteiger partial charge on any atom is 0.303 e. The summed E-state index contributed by atoms with van der Waals surface area (Å²) >= 11 is 6.17. The zero-order chi connectivity index (χ0) is 27.2. The van der Waals surface area contributed by atoms with E-state index < -0.39 is 5.97 Å². The number of fused-ring (bicyclic) bond motifs is 1. The first-order chi connectivity index (χ1) is 18.2. The molecule has 4 rings (SSSR count). The van der Waals surface area contributed by atoms with Gasteiger partial charge in [-0.3, -0.25) is 9.59 Å². The third-order valence-corrected chi connectivity index (χ3v) is 6.69. The molecule has 3 N–H and O–H groups in total. The van der Waals surface area contributed by atoms with Crippen LogP contribution in [0.1, 0.15) is 28.7 Å². The summed E-state index contributed by atoms with van der Waals surface area (Å²) in [6.07, 6.45) is 0.514. The first-order valence-electron chi connectivity index (χ1n) is 12.6. The molecule has 0 unspecified atom stereocenters. The van der Waals surface area contributed by atoms with Crippen LogP contribution < -0.4 is 10.6 Å². The van der Waals surface area contributed by atoms with E-state index in [1.54, 1.807) is 12.1 Å². The normalized spacial score (nSPS) is 14.0. The molecule has 0 fully saturated rings. The van der Waals surface area contributed by atoms with Crippen molar-refractivity contribution in [3.05, 3.63) is 94.0 Å². The number of amides is 1. The molecule has 0 bridgehead atoms. The molecule has 1 amide bonds. The molecule has 0 radical (unpaired) electrons. The number of carboxylic acids is 1. The predicted octanol–water partition coefficient (Wildman–Crippen LogP) is 5.28. The van der Waals surface area contributed by atoms with Crippen LogP contribution in [0.25, 0.3) is 11.3 Å². The molecule has 198 valence electrons. The van der Waals surface area contributed by atoms with Gasteiger partial charge in [-0.05, 0) is 68.5 Å². The molecule has 38 heavy (non-hydrogen) atoms. The fourth-order valence-corrected chi connectivity index (χ4v) is 4.53. The van der Waals surface area contributed by atoms with E-state index in [0.29, 0.717) is 28.4 Å². The molecule has 3 aromatic rings. The number of aliphatic carboxylic acids is 1. The maximum absolute atomic E-state index is 13.2. The van der Waals surface area contributed by atoms with Crippen molar-refractivity contribution in [2.45, 2.75) is 19.4 Å². The lowest BCUT2D eigenvalue weighted by atomic mass is 9.98. The molecule has 8 heteroatoms. The monoisotopic (exact) mass is 532 g/mol. The highest BCUT2D eigenvalue weighted by atomic mass is 35.5.